The van der Waals surface area contributed by atoms with Crippen molar-refractivity contribution in [3.05, 3.63) is 48.2 Å². The van der Waals surface area contributed by atoms with Crippen LogP contribution < -0.4 is 5.73 Å². The fourth-order valence-electron chi connectivity index (χ4n) is 1.16. The van der Waals surface area contributed by atoms with Gasteiger partial charge in [0.05, 0.1) is 5.71 Å². The molecular weight excluding hydrogens is 160 g/mol. The van der Waals surface area contributed by atoms with Crippen molar-refractivity contribution < 1.29 is 0 Å². The second-order valence-electron chi connectivity index (χ2n) is 2.81. The first kappa shape index (κ1) is 9.68. The quantitative estimate of drug-likeness (QED) is 0.683. The molecule has 0 unspecified atom stereocenters. The van der Waals surface area contributed by atoms with Gasteiger partial charge in [0, 0.05) is 18.3 Å². The predicted molar refractivity (Wildman–Crippen MR) is 57.7 cm³/mol. The van der Waals surface area contributed by atoms with Gasteiger partial charge >= 0.3 is 0 Å². The Balaban J connectivity index is 3.09. The summed E-state index contributed by atoms with van der Waals surface area (Å²) >= 11 is 0. The third-order valence-corrected chi connectivity index (χ3v) is 1.90. The van der Waals surface area contributed by atoms with Crippen LogP contribution in [0.2, 0.25) is 0 Å². The van der Waals surface area contributed by atoms with Crippen molar-refractivity contribution in [3.8, 4) is 0 Å². The van der Waals surface area contributed by atoms with Gasteiger partial charge < -0.3 is 5.73 Å². The third-order valence-electron chi connectivity index (χ3n) is 1.90. The van der Waals surface area contributed by atoms with E-state index in [1.165, 1.54) is 0 Å². The second-order valence-corrected chi connectivity index (χ2v) is 2.81. The smallest absolute Gasteiger partial charge is 0.0701 e. The van der Waals surface area contributed by atoms with Gasteiger partial charge in [0.25, 0.3) is 0 Å². The first-order valence-corrected chi connectivity index (χ1v) is 4.23. The number of rotatable bonds is 2. The number of hydrogen-bond acceptors (Lipinski definition) is 2. The summed E-state index contributed by atoms with van der Waals surface area (Å²) in [6, 6.07) is 0. The SMILES string of the molecule is C=CN=C1C=CC=C/C1=C(/C)CN. The minimum Gasteiger partial charge on any atom is -0.327 e. The van der Waals surface area contributed by atoms with E-state index >= 15 is 0 Å². The highest BCUT2D eigenvalue weighted by molar-refractivity contribution is 6.12. The number of allylic oxidation sites excluding steroid dienone is 5. The van der Waals surface area contributed by atoms with Crippen LogP contribution in [0.15, 0.2) is 53.2 Å². The Bertz CT molecular complexity index is 317. The van der Waals surface area contributed by atoms with E-state index in [4.69, 9.17) is 5.73 Å². The van der Waals surface area contributed by atoms with Gasteiger partial charge in [0.2, 0.25) is 0 Å². The van der Waals surface area contributed by atoms with E-state index in [2.05, 4.69) is 11.6 Å². The fraction of sp³-hybridized carbons (Fsp3) is 0.182. The minimum absolute atomic E-state index is 0.559. The van der Waals surface area contributed by atoms with Gasteiger partial charge in [0.1, 0.15) is 0 Å². The summed E-state index contributed by atoms with van der Waals surface area (Å²) in [5, 5.41) is 0. The van der Waals surface area contributed by atoms with E-state index in [-0.39, 0.29) is 0 Å². The molecule has 0 heterocycles. The van der Waals surface area contributed by atoms with Crippen LogP contribution >= 0.6 is 0 Å². The van der Waals surface area contributed by atoms with Gasteiger partial charge in [-0.05, 0) is 13.0 Å². The van der Waals surface area contributed by atoms with E-state index in [1.807, 2.05) is 31.2 Å². The highest BCUT2D eigenvalue weighted by atomic mass is 14.7. The number of hydrogen-bond donors (Lipinski definition) is 1. The molecule has 0 atom stereocenters. The van der Waals surface area contributed by atoms with Gasteiger partial charge in [0.15, 0.2) is 0 Å². The highest BCUT2D eigenvalue weighted by Crippen LogP contribution is 2.12. The normalized spacial score (nSPS) is 22.2. The van der Waals surface area contributed by atoms with Crippen LogP contribution in [0.25, 0.3) is 0 Å². The lowest BCUT2D eigenvalue weighted by Gasteiger charge is -2.09. The third kappa shape index (κ3) is 2.26. The molecule has 68 valence electrons. The van der Waals surface area contributed by atoms with Crippen LogP contribution in [0.3, 0.4) is 0 Å². The molecule has 0 saturated heterocycles. The maximum atomic E-state index is 5.56. The summed E-state index contributed by atoms with van der Waals surface area (Å²) in [5.74, 6) is 0. The van der Waals surface area contributed by atoms with Crippen LogP contribution in [0.5, 0.6) is 0 Å². The zero-order valence-electron chi connectivity index (χ0n) is 7.83. The summed E-state index contributed by atoms with van der Waals surface area (Å²) in [6.45, 7) is 6.15. The first-order valence-electron chi connectivity index (χ1n) is 4.23. The summed E-state index contributed by atoms with van der Waals surface area (Å²) in [4.78, 5) is 4.16. The van der Waals surface area contributed by atoms with Gasteiger partial charge in [-0.1, -0.05) is 30.4 Å². The minimum atomic E-state index is 0.559. The molecule has 0 radical (unpaired) electrons. The fourth-order valence-corrected chi connectivity index (χ4v) is 1.16. The Morgan fingerprint density at radius 2 is 2.23 bits per heavy atom. The van der Waals surface area contributed by atoms with Crippen molar-refractivity contribution in [2.24, 2.45) is 10.7 Å². The lowest BCUT2D eigenvalue weighted by Crippen LogP contribution is -2.09. The van der Waals surface area contributed by atoms with E-state index in [9.17, 15) is 0 Å². The predicted octanol–water partition coefficient (Wildman–Crippen LogP) is 1.97. The Hall–Kier alpha value is -1.41. The van der Waals surface area contributed by atoms with Crippen LogP contribution in [0, 0.1) is 0 Å². The Labute approximate surface area is 78.9 Å². The average molecular weight is 174 g/mol. The van der Waals surface area contributed by atoms with Crippen molar-refractivity contribution in [1.82, 2.24) is 0 Å². The van der Waals surface area contributed by atoms with Crippen molar-refractivity contribution in [1.29, 1.82) is 0 Å². The Morgan fingerprint density at radius 3 is 2.85 bits per heavy atom. The zero-order chi connectivity index (χ0) is 9.68. The van der Waals surface area contributed by atoms with Crippen molar-refractivity contribution in [2.45, 2.75) is 6.92 Å². The summed E-state index contributed by atoms with van der Waals surface area (Å²) < 4.78 is 0. The molecule has 1 aliphatic carbocycles. The standard InChI is InChI=1S/C11H14N2/c1-3-13-11-7-5-4-6-10(11)9(2)8-12/h3-7H,1,8,12H2,2H3/b10-9+,13-11?. The molecule has 0 fully saturated rings. The van der Waals surface area contributed by atoms with Crippen LogP contribution in [-0.4, -0.2) is 12.3 Å². The number of nitrogens with zero attached hydrogens (tertiary/aromatic N) is 1. The molecule has 2 nitrogen and oxygen atoms in total. The van der Waals surface area contributed by atoms with Crippen molar-refractivity contribution >= 4 is 5.71 Å². The van der Waals surface area contributed by atoms with Gasteiger partial charge in [-0.2, -0.15) is 0 Å². The first-order chi connectivity index (χ1) is 6.29. The van der Waals surface area contributed by atoms with Crippen LogP contribution in [-0.2, 0) is 0 Å². The molecule has 2 N–H and O–H groups in total. The number of aliphatic imine (C=N–C) groups is 1. The molecule has 2 heteroatoms. The maximum absolute atomic E-state index is 5.56. The van der Waals surface area contributed by atoms with Gasteiger partial charge in [-0.15, -0.1) is 0 Å². The summed E-state index contributed by atoms with van der Waals surface area (Å²) in [6.07, 6.45) is 9.45. The second kappa shape index (κ2) is 4.58. The maximum Gasteiger partial charge on any atom is 0.0701 e. The molecule has 0 spiro atoms. The van der Waals surface area contributed by atoms with Crippen molar-refractivity contribution in [3.63, 3.8) is 0 Å². The lowest BCUT2D eigenvalue weighted by molar-refractivity contribution is 1.13. The largest absolute Gasteiger partial charge is 0.327 e. The molecule has 1 rings (SSSR count). The molecule has 0 aliphatic heterocycles. The molecule has 13 heavy (non-hydrogen) atoms. The number of nitrogens with two attached hydrogens (primary N) is 1. The average Bonchev–Trinajstić information content (AvgIpc) is 2.18. The summed E-state index contributed by atoms with van der Waals surface area (Å²) in [7, 11) is 0. The Kier molecular flexibility index (Phi) is 3.41. The lowest BCUT2D eigenvalue weighted by atomic mass is 10.0. The molecule has 0 saturated carbocycles. The molecule has 1 aliphatic rings. The van der Waals surface area contributed by atoms with Crippen LogP contribution in [0.4, 0.5) is 0 Å². The zero-order valence-corrected chi connectivity index (χ0v) is 7.83. The topological polar surface area (TPSA) is 38.4 Å². The molecule has 0 aromatic carbocycles. The monoisotopic (exact) mass is 174 g/mol. The van der Waals surface area contributed by atoms with E-state index in [0.29, 0.717) is 6.54 Å². The van der Waals surface area contributed by atoms with Gasteiger partial charge in [-0.25, -0.2) is 0 Å². The van der Waals surface area contributed by atoms with Crippen molar-refractivity contribution in [2.75, 3.05) is 6.54 Å². The molecule has 0 aromatic rings. The van der Waals surface area contributed by atoms with E-state index in [1.54, 1.807) is 6.20 Å². The molecule has 0 amide bonds. The van der Waals surface area contributed by atoms with Crippen LogP contribution in [0.1, 0.15) is 6.92 Å². The molecular formula is C11H14N2. The summed E-state index contributed by atoms with van der Waals surface area (Å²) in [5.41, 5.74) is 8.74. The van der Waals surface area contributed by atoms with E-state index in [0.717, 1.165) is 16.9 Å². The Morgan fingerprint density at radius 1 is 1.54 bits per heavy atom. The van der Waals surface area contributed by atoms with Gasteiger partial charge in [-0.3, -0.25) is 4.99 Å². The highest BCUT2D eigenvalue weighted by Gasteiger charge is 2.05. The molecule has 0 bridgehead atoms. The molecule has 0 aromatic heterocycles. The van der Waals surface area contributed by atoms with E-state index < -0.39 is 0 Å².